The molecule has 0 bridgehead atoms. The van der Waals surface area contributed by atoms with Crippen molar-refractivity contribution in [3.63, 3.8) is 0 Å². The van der Waals surface area contributed by atoms with Crippen LogP contribution in [0.4, 0.5) is 0 Å². The summed E-state index contributed by atoms with van der Waals surface area (Å²) < 4.78 is 9.70. The molecule has 0 amide bonds. The molecule has 0 radical (unpaired) electrons. The summed E-state index contributed by atoms with van der Waals surface area (Å²) in [6, 6.07) is 6.27. The first-order chi connectivity index (χ1) is 17.4. The zero-order valence-corrected chi connectivity index (χ0v) is 21.3. The molecule has 192 valence electrons. The number of benzene rings is 1. The SMILES string of the molecule is CCCc1nn(C)c2c(=O)[nH]c(-c3cc(SN4CC(N5CC(O[N+](=O)[O-])C5)C4)ccc3OCC)nc12. The average molecular weight is 516 g/mol. The van der Waals surface area contributed by atoms with Crippen molar-refractivity contribution in [2.75, 3.05) is 32.8 Å². The molecular weight excluding hydrogens is 486 g/mol. The highest BCUT2D eigenvalue weighted by Crippen LogP contribution is 2.36. The third-order valence-electron chi connectivity index (χ3n) is 6.45. The van der Waals surface area contributed by atoms with Crippen molar-refractivity contribution in [3.8, 4) is 17.1 Å². The molecule has 0 unspecified atom stereocenters. The summed E-state index contributed by atoms with van der Waals surface area (Å²) >= 11 is 1.63. The third kappa shape index (κ3) is 4.77. The summed E-state index contributed by atoms with van der Waals surface area (Å²) in [7, 11) is 1.76. The van der Waals surface area contributed by atoms with Crippen LogP contribution in [0.15, 0.2) is 27.9 Å². The molecule has 0 atom stereocenters. The number of aromatic nitrogens is 4. The van der Waals surface area contributed by atoms with Gasteiger partial charge in [0.15, 0.2) is 5.52 Å². The van der Waals surface area contributed by atoms with Crippen LogP contribution in [-0.4, -0.2) is 79.0 Å². The van der Waals surface area contributed by atoms with Crippen LogP contribution in [-0.2, 0) is 18.3 Å². The molecule has 5 rings (SSSR count). The smallest absolute Gasteiger partial charge is 0.294 e. The van der Waals surface area contributed by atoms with Crippen molar-refractivity contribution in [2.24, 2.45) is 7.05 Å². The first kappa shape index (κ1) is 24.5. The minimum absolute atomic E-state index is 0.229. The van der Waals surface area contributed by atoms with E-state index in [0.29, 0.717) is 48.3 Å². The van der Waals surface area contributed by atoms with E-state index in [1.54, 1.807) is 23.7 Å². The summed E-state index contributed by atoms with van der Waals surface area (Å²) in [5, 5.41) is 14.3. The lowest BCUT2D eigenvalue weighted by molar-refractivity contribution is -0.771. The van der Waals surface area contributed by atoms with Crippen LogP contribution in [0.5, 0.6) is 5.75 Å². The largest absolute Gasteiger partial charge is 0.493 e. The highest BCUT2D eigenvalue weighted by molar-refractivity contribution is 7.97. The van der Waals surface area contributed by atoms with Crippen molar-refractivity contribution >= 4 is 23.0 Å². The number of nitrogens with one attached hydrogen (secondary N) is 1. The van der Waals surface area contributed by atoms with Gasteiger partial charge in [-0.05, 0) is 43.5 Å². The molecule has 36 heavy (non-hydrogen) atoms. The Labute approximate surface area is 211 Å². The van der Waals surface area contributed by atoms with E-state index >= 15 is 0 Å². The molecule has 2 aliphatic rings. The number of likely N-dealkylation sites (tertiary alicyclic amines) is 1. The Kier molecular flexibility index (Phi) is 6.86. The number of hydrogen-bond donors (Lipinski definition) is 1. The van der Waals surface area contributed by atoms with E-state index in [9.17, 15) is 14.9 Å². The molecule has 2 fully saturated rings. The molecular formula is C23H29N7O5S. The Hall–Kier alpha value is -3.16. The van der Waals surface area contributed by atoms with Gasteiger partial charge in [0, 0.05) is 44.2 Å². The predicted molar refractivity (Wildman–Crippen MR) is 134 cm³/mol. The van der Waals surface area contributed by atoms with Gasteiger partial charge >= 0.3 is 0 Å². The van der Waals surface area contributed by atoms with Crippen LogP contribution in [0.25, 0.3) is 22.4 Å². The number of nitrogens with zero attached hydrogens (tertiary/aromatic N) is 6. The first-order valence-corrected chi connectivity index (χ1v) is 12.8. The molecule has 4 heterocycles. The summed E-state index contributed by atoms with van der Waals surface area (Å²) in [5.74, 6) is 1.12. The number of fused-ring (bicyclic) bond motifs is 1. The molecule has 2 saturated heterocycles. The monoisotopic (exact) mass is 515 g/mol. The van der Waals surface area contributed by atoms with Crippen LogP contribution in [0, 0.1) is 10.1 Å². The van der Waals surface area contributed by atoms with Crippen LogP contribution in [0.1, 0.15) is 26.0 Å². The molecule has 1 N–H and O–H groups in total. The van der Waals surface area contributed by atoms with Gasteiger partial charge in [-0.3, -0.25) is 14.4 Å². The number of H-pyrrole nitrogens is 1. The fraction of sp³-hybridized carbons (Fsp3) is 0.522. The van der Waals surface area contributed by atoms with E-state index in [2.05, 4.69) is 31.0 Å². The van der Waals surface area contributed by atoms with Crippen LogP contribution >= 0.6 is 11.9 Å². The van der Waals surface area contributed by atoms with Crippen LogP contribution in [0.2, 0.25) is 0 Å². The molecule has 12 nitrogen and oxygen atoms in total. The van der Waals surface area contributed by atoms with Crippen molar-refractivity contribution in [1.82, 2.24) is 29.0 Å². The topological polar surface area (TPSA) is 132 Å². The molecule has 0 aliphatic carbocycles. The van der Waals surface area contributed by atoms with Gasteiger partial charge in [0.1, 0.15) is 23.2 Å². The Morgan fingerprint density at radius 1 is 1.25 bits per heavy atom. The molecule has 2 aromatic heterocycles. The van der Waals surface area contributed by atoms with Crippen molar-refractivity contribution < 1.29 is 14.7 Å². The lowest BCUT2D eigenvalue weighted by atomic mass is 10.0. The van der Waals surface area contributed by atoms with E-state index in [1.165, 1.54) is 0 Å². The maximum atomic E-state index is 13.0. The Bertz CT molecular complexity index is 1330. The fourth-order valence-corrected chi connectivity index (χ4v) is 5.73. The molecule has 3 aromatic rings. The second-order valence-corrected chi connectivity index (χ2v) is 10.2. The normalized spacial score (nSPS) is 17.2. The van der Waals surface area contributed by atoms with Gasteiger partial charge in [-0.25, -0.2) is 9.29 Å². The van der Waals surface area contributed by atoms with Gasteiger partial charge < -0.3 is 14.6 Å². The van der Waals surface area contributed by atoms with Gasteiger partial charge in [-0.15, -0.1) is 10.1 Å². The van der Waals surface area contributed by atoms with Crippen molar-refractivity contribution in [2.45, 2.75) is 43.7 Å². The van der Waals surface area contributed by atoms with Crippen LogP contribution in [0.3, 0.4) is 0 Å². The molecule has 2 aliphatic heterocycles. The standard InChI is InChI=1S/C23H29N7O5S/c1-4-6-18-20-21(27(3)26-18)23(31)25-22(24-20)17-9-16(7-8-19(17)34-5-2)36-29-10-14(11-29)28-12-15(13-28)35-30(32)33/h7-9,14-15H,4-6,10-13H2,1-3H3,(H,24,25,31). The minimum atomic E-state index is -0.715. The molecule has 0 spiro atoms. The van der Waals surface area contributed by atoms with E-state index in [1.807, 2.05) is 25.1 Å². The lowest BCUT2D eigenvalue weighted by Gasteiger charge is -2.50. The van der Waals surface area contributed by atoms with Gasteiger partial charge in [0.25, 0.3) is 10.6 Å². The Balaban J connectivity index is 1.34. The van der Waals surface area contributed by atoms with Gasteiger partial charge in [0.05, 0.1) is 17.9 Å². The Morgan fingerprint density at radius 2 is 2.03 bits per heavy atom. The number of ether oxygens (including phenoxy) is 1. The van der Waals surface area contributed by atoms with E-state index in [-0.39, 0.29) is 11.7 Å². The van der Waals surface area contributed by atoms with Gasteiger partial charge in [-0.1, -0.05) is 13.3 Å². The Morgan fingerprint density at radius 3 is 2.72 bits per heavy atom. The zero-order valence-electron chi connectivity index (χ0n) is 20.5. The molecule has 0 saturated carbocycles. The highest BCUT2D eigenvalue weighted by Gasteiger charge is 2.40. The molecule has 1 aromatic carbocycles. The predicted octanol–water partition coefficient (Wildman–Crippen LogP) is 2.26. The summed E-state index contributed by atoms with van der Waals surface area (Å²) in [5.41, 5.74) is 2.40. The second kappa shape index (κ2) is 10.1. The number of rotatable bonds is 10. The average Bonchev–Trinajstić information content (AvgIpc) is 3.10. The number of hydrogen-bond acceptors (Lipinski definition) is 10. The fourth-order valence-electron chi connectivity index (χ4n) is 4.64. The van der Waals surface area contributed by atoms with E-state index < -0.39 is 5.09 Å². The maximum Gasteiger partial charge on any atom is 0.294 e. The second-order valence-electron chi connectivity index (χ2n) is 9.02. The summed E-state index contributed by atoms with van der Waals surface area (Å²) in [6.07, 6.45) is 1.33. The summed E-state index contributed by atoms with van der Waals surface area (Å²) in [4.78, 5) is 39.0. The van der Waals surface area contributed by atoms with Crippen molar-refractivity contribution in [1.29, 1.82) is 0 Å². The van der Waals surface area contributed by atoms with Crippen LogP contribution < -0.4 is 10.3 Å². The summed E-state index contributed by atoms with van der Waals surface area (Å²) in [6.45, 7) is 7.38. The number of aryl methyl sites for hydroxylation is 2. The maximum absolute atomic E-state index is 13.0. The van der Waals surface area contributed by atoms with E-state index in [4.69, 9.17) is 9.72 Å². The van der Waals surface area contributed by atoms with Gasteiger partial charge in [-0.2, -0.15) is 5.10 Å². The van der Waals surface area contributed by atoms with Crippen molar-refractivity contribution in [3.05, 3.63) is 44.4 Å². The molecule has 13 heteroatoms. The minimum Gasteiger partial charge on any atom is -0.493 e. The highest BCUT2D eigenvalue weighted by atomic mass is 32.2. The van der Waals surface area contributed by atoms with E-state index in [0.717, 1.165) is 42.1 Å². The quantitative estimate of drug-likeness (QED) is 0.244. The first-order valence-electron chi connectivity index (χ1n) is 12.1. The van der Waals surface area contributed by atoms with Gasteiger partial charge in [0.2, 0.25) is 0 Å². The number of aromatic amines is 1. The zero-order chi connectivity index (χ0) is 25.4. The third-order valence-corrected chi connectivity index (χ3v) is 7.47. The lowest BCUT2D eigenvalue weighted by Crippen LogP contribution is -2.65.